The van der Waals surface area contributed by atoms with Crippen LogP contribution in [0.3, 0.4) is 0 Å². The van der Waals surface area contributed by atoms with E-state index < -0.39 is 11.5 Å². The first-order valence-electron chi connectivity index (χ1n) is 16.4. The Morgan fingerprint density at radius 3 is 2.50 bits per heavy atom. The average Bonchev–Trinajstić information content (AvgIpc) is 3.66. The van der Waals surface area contributed by atoms with Crippen molar-refractivity contribution in [3.8, 4) is 16.9 Å². The van der Waals surface area contributed by atoms with Crippen molar-refractivity contribution in [2.75, 3.05) is 51.9 Å². The minimum absolute atomic E-state index is 0.0210. The van der Waals surface area contributed by atoms with Gasteiger partial charge in [0.2, 0.25) is 0 Å². The maximum Gasteiger partial charge on any atom is 0.320 e. The molecule has 2 aromatic carbocycles. The highest BCUT2D eigenvalue weighted by Crippen LogP contribution is 2.31. The van der Waals surface area contributed by atoms with Gasteiger partial charge in [0.1, 0.15) is 11.4 Å². The van der Waals surface area contributed by atoms with Crippen molar-refractivity contribution >= 4 is 17.8 Å². The van der Waals surface area contributed by atoms with E-state index in [4.69, 9.17) is 14.6 Å². The number of benzene rings is 2. The summed E-state index contributed by atoms with van der Waals surface area (Å²) in [6.07, 6.45) is 3.30. The zero-order valence-corrected chi connectivity index (χ0v) is 27.6. The Morgan fingerprint density at radius 2 is 1.79 bits per heavy atom. The van der Waals surface area contributed by atoms with Gasteiger partial charge in [-0.25, -0.2) is 9.48 Å². The molecule has 0 aliphatic carbocycles. The molecule has 2 aliphatic heterocycles. The number of methoxy groups -OCH3 is 1. The number of pyridine rings is 1. The van der Waals surface area contributed by atoms with Crippen LogP contribution in [-0.4, -0.2) is 89.8 Å². The van der Waals surface area contributed by atoms with Crippen LogP contribution in [0.15, 0.2) is 77.7 Å². The van der Waals surface area contributed by atoms with Gasteiger partial charge in [0.15, 0.2) is 0 Å². The summed E-state index contributed by atoms with van der Waals surface area (Å²) in [5.74, 6) is 0.146. The van der Waals surface area contributed by atoms with E-state index in [-0.39, 0.29) is 29.6 Å². The van der Waals surface area contributed by atoms with Gasteiger partial charge < -0.3 is 24.7 Å². The van der Waals surface area contributed by atoms with Crippen LogP contribution in [0.25, 0.3) is 16.9 Å². The van der Waals surface area contributed by atoms with Crippen LogP contribution in [0.4, 0.5) is 10.6 Å². The van der Waals surface area contributed by atoms with Crippen LogP contribution >= 0.6 is 0 Å². The average molecular weight is 654 g/mol. The lowest BCUT2D eigenvalue weighted by Gasteiger charge is -2.23. The standard InChI is InChI=1S/C36H43N7O5/c1-24-32(26-19-29(35(45)41(2)20-26)34(44)37-27-13-10-17-48-23-27)40-43(28-14-8-5-9-15-28)33(24)39-36(46)38-31-22-42(16-18-47-3)21-30(31)25-11-6-4-7-12-25/h4-9,11-12,14-15,19-20,27,30-31H,10,13,16-18,21-23H2,1-3H3,(H,37,44)(H2,38,39,46)/t27-,30+,31-/m1/s1. The maximum absolute atomic E-state index is 13.8. The van der Waals surface area contributed by atoms with Crippen LogP contribution in [-0.2, 0) is 16.5 Å². The number of hydrogen-bond donors (Lipinski definition) is 3. The summed E-state index contributed by atoms with van der Waals surface area (Å²) in [4.78, 5) is 42.5. The number of nitrogens with one attached hydrogen (secondary N) is 3. The van der Waals surface area contributed by atoms with Gasteiger partial charge >= 0.3 is 6.03 Å². The van der Waals surface area contributed by atoms with E-state index in [0.29, 0.717) is 49.0 Å². The maximum atomic E-state index is 13.8. The molecule has 48 heavy (non-hydrogen) atoms. The van der Waals surface area contributed by atoms with Gasteiger partial charge in [-0.1, -0.05) is 48.5 Å². The number of likely N-dealkylation sites (tertiary alicyclic amines) is 1. The van der Waals surface area contributed by atoms with Gasteiger partial charge in [0.05, 0.1) is 36.7 Å². The molecule has 3 N–H and O–H groups in total. The van der Waals surface area contributed by atoms with Gasteiger partial charge in [0, 0.05) is 63.6 Å². The van der Waals surface area contributed by atoms with Crippen molar-refractivity contribution in [3.05, 3.63) is 100.0 Å². The number of nitrogens with zero attached hydrogens (tertiary/aromatic N) is 4. The molecule has 4 heterocycles. The summed E-state index contributed by atoms with van der Waals surface area (Å²) in [5.41, 5.74) is 3.33. The fourth-order valence-electron chi connectivity index (χ4n) is 6.58. The highest BCUT2D eigenvalue weighted by molar-refractivity contribution is 5.96. The van der Waals surface area contributed by atoms with Crippen molar-refractivity contribution in [1.82, 2.24) is 29.9 Å². The summed E-state index contributed by atoms with van der Waals surface area (Å²) >= 11 is 0. The second-order valence-corrected chi connectivity index (χ2v) is 12.5. The van der Waals surface area contributed by atoms with Gasteiger partial charge in [-0.2, -0.15) is 5.10 Å². The molecule has 12 heteroatoms. The number of carbonyl (C=O) groups excluding carboxylic acids is 2. The molecular formula is C36H43N7O5. The molecule has 12 nitrogen and oxygen atoms in total. The minimum Gasteiger partial charge on any atom is -0.383 e. The lowest BCUT2D eigenvalue weighted by atomic mass is 9.94. The summed E-state index contributed by atoms with van der Waals surface area (Å²) < 4.78 is 13.9. The van der Waals surface area contributed by atoms with Crippen molar-refractivity contribution in [2.45, 2.75) is 37.8 Å². The first-order valence-corrected chi connectivity index (χ1v) is 16.4. The topological polar surface area (TPSA) is 132 Å². The smallest absolute Gasteiger partial charge is 0.320 e. The van der Waals surface area contributed by atoms with E-state index in [9.17, 15) is 14.4 Å². The SMILES string of the molecule is COCCN1C[C@@H](NC(=O)Nc2c(C)c(-c3cc(C(=O)N[C@@H]4CCCOC4)c(=O)n(C)c3)nn2-c2ccccc2)[C@H](c2ccccc2)C1. The van der Waals surface area contributed by atoms with E-state index in [2.05, 4.69) is 33.0 Å². The molecule has 2 aromatic heterocycles. The molecule has 0 bridgehead atoms. The lowest BCUT2D eigenvalue weighted by molar-refractivity contribution is 0.0623. The Kier molecular flexibility index (Phi) is 10.3. The normalized spacial score (nSPS) is 19.6. The predicted molar refractivity (Wildman–Crippen MR) is 184 cm³/mol. The number of para-hydroxylation sites is 1. The molecule has 0 unspecified atom stereocenters. The molecule has 3 atom stereocenters. The van der Waals surface area contributed by atoms with Gasteiger partial charge in [-0.05, 0) is 43.5 Å². The third-order valence-corrected chi connectivity index (χ3v) is 9.10. The Balaban J connectivity index is 1.30. The first-order chi connectivity index (χ1) is 23.3. The number of urea groups is 1. The van der Waals surface area contributed by atoms with Crippen molar-refractivity contribution in [2.24, 2.45) is 7.05 Å². The number of aromatic nitrogens is 3. The Bertz CT molecular complexity index is 1780. The number of carbonyl (C=O) groups is 2. The number of aryl methyl sites for hydroxylation is 1. The minimum atomic E-state index is -0.449. The molecule has 2 aliphatic rings. The number of hydrogen-bond acceptors (Lipinski definition) is 7. The third kappa shape index (κ3) is 7.35. The Hall–Kier alpha value is -4.78. The van der Waals surface area contributed by atoms with Crippen molar-refractivity contribution in [1.29, 1.82) is 0 Å². The second kappa shape index (κ2) is 15.0. The number of anilines is 1. The summed E-state index contributed by atoms with van der Waals surface area (Å²) in [7, 11) is 3.31. The Labute approximate surface area is 280 Å². The molecule has 0 spiro atoms. The predicted octanol–water partition coefficient (Wildman–Crippen LogP) is 3.69. The lowest BCUT2D eigenvalue weighted by Crippen LogP contribution is -2.42. The zero-order chi connectivity index (χ0) is 33.6. The van der Waals surface area contributed by atoms with Gasteiger partial charge in [0.25, 0.3) is 11.5 Å². The van der Waals surface area contributed by atoms with Crippen LogP contribution in [0.1, 0.15) is 40.2 Å². The molecule has 2 saturated heterocycles. The zero-order valence-electron chi connectivity index (χ0n) is 27.6. The summed E-state index contributed by atoms with van der Waals surface area (Å²) in [6.45, 7) is 5.84. The molecule has 3 amide bonds. The molecule has 252 valence electrons. The van der Waals surface area contributed by atoms with E-state index in [1.807, 2.05) is 55.5 Å². The number of rotatable bonds is 10. The van der Waals surface area contributed by atoms with E-state index in [1.165, 1.54) is 10.1 Å². The summed E-state index contributed by atoms with van der Waals surface area (Å²) in [6, 6.07) is 20.7. The largest absolute Gasteiger partial charge is 0.383 e. The third-order valence-electron chi connectivity index (χ3n) is 9.10. The van der Waals surface area contributed by atoms with Crippen LogP contribution < -0.4 is 21.5 Å². The van der Waals surface area contributed by atoms with Crippen molar-refractivity contribution < 1.29 is 19.1 Å². The van der Waals surface area contributed by atoms with E-state index >= 15 is 0 Å². The van der Waals surface area contributed by atoms with Gasteiger partial charge in [-0.3, -0.25) is 19.8 Å². The molecule has 0 saturated carbocycles. The van der Waals surface area contributed by atoms with Gasteiger partial charge in [-0.15, -0.1) is 0 Å². The summed E-state index contributed by atoms with van der Waals surface area (Å²) in [5, 5.41) is 14.2. The van der Waals surface area contributed by atoms with Crippen LogP contribution in [0.5, 0.6) is 0 Å². The molecule has 6 rings (SSSR count). The highest BCUT2D eigenvalue weighted by Gasteiger charge is 2.35. The Morgan fingerprint density at radius 1 is 1.04 bits per heavy atom. The van der Waals surface area contributed by atoms with E-state index in [1.54, 1.807) is 31.1 Å². The van der Waals surface area contributed by atoms with Crippen LogP contribution in [0.2, 0.25) is 0 Å². The van der Waals surface area contributed by atoms with E-state index in [0.717, 1.165) is 31.6 Å². The molecular weight excluding hydrogens is 610 g/mol. The monoisotopic (exact) mass is 653 g/mol. The molecule has 0 radical (unpaired) electrons. The highest BCUT2D eigenvalue weighted by atomic mass is 16.5. The fourth-order valence-corrected chi connectivity index (χ4v) is 6.58. The molecule has 2 fully saturated rings. The first kappa shape index (κ1) is 33.1. The van der Waals surface area contributed by atoms with Crippen LogP contribution in [0, 0.1) is 6.92 Å². The second-order valence-electron chi connectivity index (χ2n) is 12.5. The number of ether oxygens (including phenoxy) is 2. The quantitative estimate of drug-likeness (QED) is 0.238. The van der Waals surface area contributed by atoms with Crippen molar-refractivity contribution in [3.63, 3.8) is 0 Å². The number of amides is 3. The molecule has 4 aromatic rings. The fraction of sp³-hybridized carbons (Fsp3) is 0.389.